The van der Waals surface area contributed by atoms with Crippen molar-refractivity contribution in [3.8, 4) is 11.5 Å². The summed E-state index contributed by atoms with van der Waals surface area (Å²) in [7, 11) is -3.95. The van der Waals surface area contributed by atoms with Gasteiger partial charge in [-0.25, -0.2) is 12.8 Å². The predicted molar refractivity (Wildman–Crippen MR) is 158 cm³/mol. The Bertz CT molecular complexity index is 1480. The molecule has 3 aromatic carbocycles. The number of nitrogens with one attached hydrogen (secondary N) is 1. The van der Waals surface area contributed by atoms with E-state index < -0.39 is 40.2 Å². The van der Waals surface area contributed by atoms with Crippen LogP contribution in [0.15, 0.2) is 72.8 Å². The topological polar surface area (TPSA) is 105 Å². The zero-order chi connectivity index (χ0) is 30.1. The number of amides is 2. The number of ether oxygens (including phenoxy) is 2. The number of halogens is 1. The second-order valence-electron chi connectivity index (χ2n) is 9.84. The van der Waals surface area contributed by atoms with Crippen LogP contribution in [0.25, 0.3) is 0 Å². The molecule has 1 aliphatic heterocycles. The van der Waals surface area contributed by atoms with Gasteiger partial charge in [-0.15, -0.1) is 0 Å². The van der Waals surface area contributed by atoms with Crippen LogP contribution >= 0.6 is 0 Å². The summed E-state index contributed by atoms with van der Waals surface area (Å²) in [6.07, 6.45) is 0.832. The SMILES string of the molecule is CCCNC(=O)C(Cc1ccccc1)N(Cc1ccccc1F)C(=O)CN(c1ccc2c(c1)OCCO2)S(=O)(=O)CC. The van der Waals surface area contributed by atoms with Gasteiger partial charge in [0.1, 0.15) is 31.6 Å². The molecule has 0 aromatic heterocycles. The number of nitrogens with zero attached hydrogens (tertiary/aromatic N) is 2. The Balaban J connectivity index is 1.75. The summed E-state index contributed by atoms with van der Waals surface area (Å²) in [4.78, 5) is 29.0. The lowest BCUT2D eigenvalue weighted by molar-refractivity contribution is -0.140. The van der Waals surface area contributed by atoms with Gasteiger partial charge in [0, 0.05) is 31.1 Å². The van der Waals surface area contributed by atoms with Crippen molar-refractivity contribution in [2.75, 3.05) is 36.4 Å². The molecule has 2 amide bonds. The number of hydrogen-bond donors (Lipinski definition) is 1. The van der Waals surface area contributed by atoms with Crippen LogP contribution in [0.5, 0.6) is 11.5 Å². The van der Waals surface area contributed by atoms with Gasteiger partial charge >= 0.3 is 0 Å². The number of fused-ring (bicyclic) bond motifs is 1. The van der Waals surface area contributed by atoms with E-state index >= 15 is 0 Å². The number of sulfonamides is 1. The van der Waals surface area contributed by atoms with Crippen molar-refractivity contribution in [3.63, 3.8) is 0 Å². The van der Waals surface area contributed by atoms with Crippen molar-refractivity contribution < 1.29 is 31.9 Å². The van der Waals surface area contributed by atoms with Crippen LogP contribution in [0.1, 0.15) is 31.4 Å². The van der Waals surface area contributed by atoms with Gasteiger partial charge < -0.3 is 19.7 Å². The minimum atomic E-state index is -3.95. The van der Waals surface area contributed by atoms with E-state index in [9.17, 15) is 22.4 Å². The average Bonchev–Trinajstić information content (AvgIpc) is 3.01. The number of carbonyl (C=O) groups excluding carboxylic acids is 2. The monoisotopic (exact) mass is 597 g/mol. The minimum Gasteiger partial charge on any atom is -0.486 e. The highest BCUT2D eigenvalue weighted by Gasteiger charge is 2.34. The third-order valence-corrected chi connectivity index (χ3v) is 8.65. The molecule has 9 nitrogen and oxygen atoms in total. The Morgan fingerprint density at radius 1 is 0.952 bits per heavy atom. The van der Waals surface area contributed by atoms with Crippen LogP contribution in [0.3, 0.4) is 0 Å². The molecule has 0 saturated heterocycles. The van der Waals surface area contributed by atoms with Gasteiger partial charge in [-0.05, 0) is 37.1 Å². The number of benzene rings is 3. The Labute approximate surface area is 246 Å². The van der Waals surface area contributed by atoms with E-state index in [1.54, 1.807) is 24.3 Å². The lowest BCUT2D eigenvalue weighted by atomic mass is 10.0. The highest BCUT2D eigenvalue weighted by Crippen LogP contribution is 2.35. The van der Waals surface area contributed by atoms with Crippen molar-refractivity contribution in [3.05, 3.63) is 89.7 Å². The van der Waals surface area contributed by atoms with Crippen molar-refractivity contribution in [2.24, 2.45) is 0 Å². The van der Waals surface area contributed by atoms with E-state index in [4.69, 9.17) is 9.47 Å². The molecule has 1 atom stereocenters. The van der Waals surface area contributed by atoms with Gasteiger partial charge in [0.2, 0.25) is 21.8 Å². The van der Waals surface area contributed by atoms with Gasteiger partial charge in [-0.3, -0.25) is 13.9 Å². The van der Waals surface area contributed by atoms with Crippen LogP contribution in [0, 0.1) is 5.82 Å². The summed E-state index contributed by atoms with van der Waals surface area (Å²) in [5, 5.41) is 2.86. The molecule has 1 unspecified atom stereocenters. The molecule has 0 bridgehead atoms. The normalized spacial score (nSPS) is 13.2. The van der Waals surface area contributed by atoms with E-state index in [1.165, 1.54) is 30.0 Å². The summed E-state index contributed by atoms with van der Waals surface area (Å²) in [5.74, 6) is -1.03. The van der Waals surface area contributed by atoms with Gasteiger partial charge in [0.15, 0.2) is 11.5 Å². The van der Waals surface area contributed by atoms with Crippen LogP contribution < -0.4 is 19.1 Å². The van der Waals surface area contributed by atoms with Crippen LogP contribution in [0.4, 0.5) is 10.1 Å². The molecule has 42 heavy (non-hydrogen) atoms. The van der Waals surface area contributed by atoms with Crippen LogP contribution in [0.2, 0.25) is 0 Å². The third kappa shape index (κ3) is 7.58. The highest BCUT2D eigenvalue weighted by molar-refractivity contribution is 7.92. The van der Waals surface area contributed by atoms with E-state index in [1.807, 2.05) is 37.3 Å². The second kappa shape index (κ2) is 14.2. The van der Waals surface area contributed by atoms with Crippen molar-refractivity contribution >= 4 is 27.5 Å². The molecule has 4 rings (SSSR count). The smallest absolute Gasteiger partial charge is 0.244 e. The summed E-state index contributed by atoms with van der Waals surface area (Å²) in [6, 6.07) is 18.8. The predicted octanol–water partition coefficient (Wildman–Crippen LogP) is 3.92. The maximum Gasteiger partial charge on any atom is 0.244 e. The van der Waals surface area contributed by atoms with E-state index in [0.717, 1.165) is 9.87 Å². The molecule has 11 heteroatoms. The Hall–Kier alpha value is -4.12. The number of carbonyl (C=O) groups is 2. The fourth-order valence-corrected chi connectivity index (χ4v) is 5.69. The minimum absolute atomic E-state index is 0.154. The molecule has 1 heterocycles. The first-order valence-electron chi connectivity index (χ1n) is 14.0. The summed E-state index contributed by atoms with van der Waals surface area (Å²) < 4.78 is 53.7. The molecule has 0 saturated carbocycles. The molecule has 3 aromatic rings. The summed E-state index contributed by atoms with van der Waals surface area (Å²) >= 11 is 0. The van der Waals surface area contributed by atoms with Gasteiger partial charge in [-0.2, -0.15) is 0 Å². The molecule has 1 N–H and O–H groups in total. The molecular weight excluding hydrogens is 561 g/mol. The quantitative estimate of drug-likeness (QED) is 0.320. The molecule has 1 aliphatic rings. The molecule has 224 valence electrons. The van der Waals surface area contributed by atoms with E-state index in [0.29, 0.717) is 37.7 Å². The van der Waals surface area contributed by atoms with Gasteiger partial charge in [0.05, 0.1) is 11.4 Å². The van der Waals surface area contributed by atoms with Crippen molar-refractivity contribution in [2.45, 2.75) is 39.3 Å². The number of hydrogen-bond acceptors (Lipinski definition) is 6. The van der Waals surface area contributed by atoms with Gasteiger partial charge in [0.25, 0.3) is 0 Å². The zero-order valence-electron chi connectivity index (χ0n) is 23.8. The Morgan fingerprint density at radius 2 is 1.64 bits per heavy atom. The lowest BCUT2D eigenvalue weighted by Crippen LogP contribution is -2.53. The Kier molecular flexibility index (Phi) is 10.4. The third-order valence-electron chi connectivity index (χ3n) is 6.91. The maximum atomic E-state index is 14.9. The highest BCUT2D eigenvalue weighted by atomic mass is 32.2. The fourth-order valence-electron chi connectivity index (χ4n) is 4.64. The van der Waals surface area contributed by atoms with Gasteiger partial charge in [-0.1, -0.05) is 55.5 Å². The lowest BCUT2D eigenvalue weighted by Gasteiger charge is -2.34. The molecule has 0 spiro atoms. The standard InChI is InChI=1S/C31H36FN3O6S/c1-3-16-33-31(37)27(19-23-10-6-5-7-11-23)34(21-24-12-8-9-13-26(24)32)30(36)22-35(42(38,39)4-2)25-14-15-28-29(20-25)41-18-17-40-28/h5-15,20,27H,3-4,16-19,21-22H2,1-2H3,(H,33,37). The fraction of sp³-hybridized carbons (Fsp3) is 0.355. The first kappa shape index (κ1) is 30.8. The molecule has 0 fully saturated rings. The average molecular weight is 598 g/mol. The maximum absolute atomic E-state index is 14.9. The molecular formula is C31H36FN3O6S. The van der Waals surface area contributed by atoms with E-state index in [2.05, 4.69) is 5.32 Å². The molecule has 0 aliphatic carbocycles. The number of rotatable bonds is 13. The largest absolute Gasteiger partial charge is 0.486 e. The second-order valence-corrected chi connectivity index (χ2v) is 12.0. The summed E-state index contributed by atoms with van der Waals surface area (Å²) in [5.41, 5.74) is 1.22. The van der Waals surface area contributed by atoms with Crippen molar-refractivity contribution in [1.82, 2.24) is 10.2 Å². The number of anilines is 1. The first-order chi connectivity index (χ1) is 20.2. The van der Waals surface area contributed by atoms with Crippen molar-refractivity contribution in [1.29, 1.82) is 0 Å². The Morgan fingerprint density at radius 3 is 2.33 bits per heavy atom. The molecule has 0 radical (unpaired) electrons. The zero-order valence-corrected chi connectivity index (χ0v) is 24.6. The van der Waals surface area contributed by atoms with Crippen LogP contribution in [-0.4, -0.2) is 63.2 Å². The summed E-state index contributed by atoms with van der Waals surface area (Å²) in [6.45, 7) is 3.63. The van der Waals surface area contributed by atoms with E-state index in [-0.39, 0.29) is 30.0 Å². The van der Waals surface area contributed by atoms with Crippen LogP contribution in [-0.2, 0) is 32.6 Å². The first-order valence-corrected chi connectivity index (χ1v) is 15.6.